The second kappa shape index (κ2) is 6.12. The lowest BCUT2D eigenvalue weighted by Crippen LogP contribution is -2.30. The normalized spacial score (nSPS) is 11.9. The molecule has 1 heterocycles. The van der Waals surface area contributed by atoms with Gasteiger partial charge in [-0.1, -0.05) is 11.6 Å². The Morgan fingerprint density at radius 2 is 2.12 bits per heavy atom. The number of hydrogen-bond acceptors (Lipinski definition) is 5. The lowest BCUT2D eigenvalue weighted by Gasteiger charge is -2.06. The monoisotopic (exact) mass is 259 g/mol. The molecule has 0 aliphatic rings. The number of rotatable bonds is 5. The number of aromatic nitrogens is 2. The van der Waals surface area contributed by atoms with Gasteiger partial charge in [0, 0.05) is 13.0 Å². The van der Waals surface area contributed by atoms with Crippen molar-refractivity contribution in [3.63, 3.8) is 0 Å². The summed E-state index contributed by atoms with van der Waals surface area (Å²) in [5.41, 5.74) is 0.0687. The van der Waals surface area contributed by atoms with Crippen LogP contribution in [0.2, 0.25) is 5.15 Å². The van der Waals surface area contributed by atoms with Crippen molar-refractivity contribution in [2.45, 2.75) is 12.5 Å². The van der Waals surface area contributed by atoms with Gasteiger partial charge in [-0.3, -0.25) is 4.79 Å². The van der Waals surface area contributed by atoms with E-state index in [0.717, 1.165) is 0 Å². The summed E-state index contributed by atoms with van der Waals surface area (Å²) in [6, 6.07) is 0. The van der Waals surface area contributed by atoms with E-state index in [4.69, 9.17) is 21.8 Å². The molecule has 0 bridgehead atoms. The van der Waals surface area contributed by atoms with Crippen LogP contribution >= 0.6 is 11.6 Å². The number of aliphatic hydroxyl groups is 1. The molecule has 17 heavy (non-hydrogen) atoms. The molecule has 8 heteroatoms. The van der Waals surface area contributed by atoms with Gasteiger partial charge in [0.2, 0.25) is 0 Å². The van der Waals surface area contributed by atoms with Crippen molar-refractivity contribution in [1.29, 1.82) is 0 Å². The lowest BCUT2D eigenvalue weighted by molar-refractivity contribution is -0.146. The van der Waals surface area contributed by atoms with Crippen LogP contribution in [0.3, 0.4) is 0 Å². The molecule has 3 N–H and O–H groups in total. The lowest BCUT2D eigenvalue weighted by atomic mass is 10.2. The van der Waals surface area contributed by atoms with Crippen LogP contribution in [-0.4, -0.2) is 44.7 Å². The largest absolute Gasteiger partial charge is 0.479 e. The topological polar surface area (TPSA) is 112 Å². The first-order valence-corrected chi connectivity index (χ1v) is 5.05. The highest BCUT2D eigenvalue weighted by Gasteiger charge is 2.13. The molecule has 0 saturated carbocycles. The molecule has 1 aromatic rings. The van der Waals surface area contributed by atoms with Gasteiger partial charge >= 0.3 is 5.97 Å². The van der Waals surface area contributed by atoms with Gasteiger partial charge in [0.15, 0.2) is 6.10 Å². The van der Waals surface area contributed by atoms with E-state index in [2.05, 4.69) is 15.3 Å². The molecule has 1 atom stereocenters. The van der Waals surface area contributed by atoms with Crippen LogP contribution in [0, 0.1) is 0 Å². The SMILES string of the molecule is O=C(NCC[C@H](O)C(=O)O)c1cnc(Cl)cn1. The van der Waals surface area contributed by atoms with E-state index in [1.54, 1.807) is 0 Å². The highest BCUT2D eigenvalue weighted by molar-refractivity contribution is 6.29. The van der Waals surface area contributed by atoms with Crippen molar-refractivity contribution in [2.75, 3.05) is 6.54 Å². The smallest absolute Gasteiger partial charge is 0.332 e. The fourth-order valence-corrected chi connectivity index (χ4v) is 1.06. The van der Waals surface area contributed by atoms with Crippen LogP contribution < -0.4 is 5.32 Å². The fourth-order valence-electron chi connectivity index (χ4n) is 0.966. The Balaban J connectivity index is 2.40. The van der Waals surface area contributed by atoms with Crippen molar-refractivity contribution in [3.8, 4) is 0 Å². The summed E-state index contributed by atoms with van der Waals surface area (Å²) >= 11 is 5.49. The van der Waals surface area contributed by atoms with Gasteiger partial charge in [-0.15, -0.1) is 0 Å². The van der Waals surface area contributed by atoms with Crippen LogP contribution in [0.25, 0.3) is 0 Å². The first-order valence-electron chi connectivity index (χ1n) is 4.67. The van der Waals surface area contributed by atoms with Crippen molar-refractivity contribution in [3.05, 3.63) is 23.2 Å². The number of aliphatic hydroxyl groups excluding tert-OH is 1. The second-order valence-corrected chi connectivity index (χ2v) is 3.51. The Morgan fingerprint density at radius 1 is 1.41 bits per heavy atom. The summed E-state index contributed by atoms with van der Waals surface area (Å²) in [6.45, 7) is 0.0244. The second-order valence-electron chi connectivity index (χ2n) is 3.12. The molecule has 0 spiro atoms. The third-order valence-electron chi connectivity index (χ3n) is 1.84. The van der Waals surface area contributed by atoms with Crippen LogP contribution in [-0.2, 0) is 4.79 Å². The molecule has 0 aliphatic heterocycles. The number of hydrogen-bond donors (Lipinski definition) is 3. The predicted octanol–water partition coefficient (Wildman–Crippen LogP) is -0.305. The molecule has 1 amide bonds. The number of aliphatic carboxylic acids is 1. The van der Waals surface area contributed by atoms with Crippen molar-refractivity contribution in [2.24, 2.45) is 0 Å². The van der Waals surface area contributed by atoms with E-state index >= 15 is 0 Å². The number of amides is 1. The van der Waals surface area contributed by atoms with Gasteiger partial charge in [-0.25, -0.2) is 14.8 Å². The van der Waals surface area contributed by atoms with Crippen molar-refractivity contribution >= 4 is 23.5 Å². The van der Waals surface area contributed by atoms with E-state index in [9.17, 15) is 9.59 Å². The Hall–Kier alpha value is -1.73. The van der Waals surface area contributed by atoms with E-state index in [1.807, 2.05) is 0 Å². The van der Waals surface area contributed by atoms with Gasteiger partial charge in [0.1, 0.15) is 10.8 Å². The summed E-state index contributed by atoms with van der Waals surface area (Å²) in [4.78, 5) is 29.1. The predicted molar refractivity (Wildman–Crippen MR) is 57.6 cm³/mol. The Bertz CT molecular complexity index is 409. The third-order valence-corrected chi connectivity index (χ3v) is 2.04. The Morgan fingerprint density at radius 3 is 2.65 bits per heavy atom. The summed E-state index contributed by atoms with van der Waals surface area (Å²) in [5, 5.41) is 19.9. The standard InChI is InChI=1S/C9H10ClN3O4/c10-7-4-12-5(3-13-7)8(15)11-2-1-6(14)9(16)17/h3-4,6,14H,1-2H2,(H,11,15)(H,16,17)/t6-/m0/s1. The van der Waals surface area contributed by atoms with Crippen LogP contribution in [0.5, 0.6) is 0 Å². The number of nitrogens with one attached hydrogen (secondary N) is 1. The zero-order valence-corrected chi connectivity index (χ0v) is 9.39. The number of carbonyl (C=O) groups excluding carboxylic acids is 1. The number of carboxylic acids is 1. The molecule has 0 fully saturated rings. The quantitative estimate of drug-likeness (QED) is 0.669. The van der Waals surface area contributed by atoms with E-state index in [0.29, 0.717) is 0 Å². The van der Waals surface area contributed by atoms with Crippen LogP contribution in [0.15, 0.2) is 12.4 Å². The Kier molecular flexibility index (Phi) is 4.80. The highest BCUT2D eigenvalue weighted by atomic mass is 35.5. The van der Waals surface area contributed by atoms with Gasteiger partial charge in [0.05, 0.1) is 12.4 Å². The summed E-state index contributed by atoms with van der Waals surface area (Å²) in [5.74, 6) is -1.84. The molecular formula is C9H10ClN3O4. The molecule has 0 radical (unpaired) electrons. The molecule has 0 aliphatic carbocycles. The number of carboxylic acid groups (broad SMARTS) is 1. The minimum Gasteiger partial charge on any atom is -0.479 e. The maximum Gasteiger partial charge on any atom is 0.332 e. The van der Waals surface area contributed by atoms with E-state index < -0.39 is 18.0 Å². The van der Waals surface area contributed by atoms with Crippen LogP contribution in [0.1, 0.15) is 16.9 Å². The summed E-state index contributed by atoms with van der Waals surface area (Å²) in [6.07, 6.45) is 0.849. The fraction of sp³-hybridized carbons (Fsp3) is 0.333. The van der Waals surface area contributed by atoms with E-state index in [1.165, 1.54) is 12.4 Å². The first-order chi connectivity index (χ1) is 8.00. The van der Waals surface area contributed by atoms with Gasteiger partial charge in [-0.2, -0.15) is 0 Å². The minimum absolute atomic E-state index is 0.0244. The zero-order valence-electron chi connectivity index (χ0n) is 8.63. The van der Waals surface area contributed by atoms with Gasteiger partial charge in [-0.05, 0) is 0 Å². The molecular weight excluding hydrogens is 250 g/mol. The zero-order chi connectivity index (χ0) is 12.8. The molecule has 0 unspecified atom stereocenters. The van der Waals surface area contributed by atoms with Gasteiger partial charge in [0.25, 0.3) is 5.91 Å². The molecule has 7 nitrogen and oxygen atoms in total. The Labute approximate surface area is 101 Å². The molecule has 0 aromatic carbocycles. The molecule has 1 rings (SSSR count). The number of carbonyl (C=O) groups is 2. The van der Waals surface area contributed by atoms with Crippen molar-refractivity contribution < 1.29 is 19.8 Å². The van der Waals surface area contributed by atoms with Crippen LogP contribution in [0.4, 0.5) is 0 Å². The number of halogens is 1. The summed E-state index contributed by atoms with van der Waals surface area (Å²) in [7, 11) is 0. The molecule has 0 saturated heterocycles. The summed E-state index contributed by atoms with van der Waals surface area (Å²) < 4.78 is 0. The molecule has 92 valence electrons. The average molecular weight is 260 g/mol. The minimum atomic E-state index is -1.49. The average Bonchev–Trinajstić information content (AvgIpc) is 2.29. The van der Waals surface area contributed by atoms with Crippen molar-refractivity contribution in [1.82, 2.24) is 15.3 Å². The first kappa shape index (κ1) is 13.3. The molecule has 1 aromatic heterocycles. The third kappa shape index (κ3) is 4.33. The van der Waals surface area contributed by atoms with Gasteiger partial charge < -0.3 is 15.5 Å². The number of nitrogens with zero attached hydrogens (tertiary/aromatic N) is 2. The highest BCUT2D eigenvalue weighted by Crippen LogP contribution is 2.01. The van der Waals surface area contributed by atoms with E-state index in [-0.39, 0.29) is 23.8 Å². The maximum absolute atomic E-state index is 11.4. The maximum atomic E-state index is 11.4.